The number of hydrogen-bond acceptors (Lipinski definition) is 1. The van der Waals surface area contributed by atoms with Crippen molar-refractivity contribution in [2.75, 3.05) is 6.61 Å². The third-order valence-corrected chi connectivity index (χ3v) is 20.9. The Morgan fingerprint density at radius 1 is 0.767 bits per heavy atom. The molecule has 1 aromatic carbocycles. The summed E-state index contributed by atoms with van der Waals surface area (Å²) >= 11 is 0. The molecule has 1 aliphatic heterocycles. The molecule has 0 aliphatic carbocycles. The van der Waals surface area contributed by atoms with E-state index in [4.69, 9.17) is 4.74 Å². The Kier molecular flexibility index (Phi) is 9.05. The van der Waals surface area contributed by atoms with Crippen LogP contribution < -0.4 is 4.74 Å². The van der Waals surface area contributed by atoms with Crippen molar-refractivity contribution in [1.29, 1.82) is 0 Å². The number of rotatable bonds is 8. The van der Waals surface area contributed by atoms with Crippen molar-refractivity contribution in [1.82, 2.24) is 0 Å². The number of hydrogen-bond donors (Lipinski definition) is 0. The summed E-state index contributed by atoms with van der Waals surface area (Å²) < 4.78 is 6.28. The van der Waals surface area contributed by atoms with Crippen molar-refractivity contribution in [3.63, 3.8) is 0 Å². The summed E-state index contributed by atoms with van der Waals surface area (Å²) in [7, 11) is -3.31. The first-order chi connectivity index (χ1) is 14.0. The van der Waals surface area contributed by atoms with Gasteiger partial charge in [0.05, 0.1) is 0 Å². The first-order valence-corrected chi connectivity index (χ1v) is 17.3. The van der Waals surface area contributed by atoms with E-state index in [1.54, 1.807) is 16.7 Å². The van der Waals surface area contributed by atoms with Crippen LogP contribution in [0.1, 0.15) is 91.8 Å². The Morgan fingerprint density at radius 3 is 1.50 bits per heavy atom. The monoisotopic (exact) mass is 452 g/mol. The van der Waals surface area contributed by atoms with Gasteiger partial charge in [-0.15, -0.1) is 0 Å². The Balaban J connectivity index is 2.75. The van der Waals surface area contributed by atoms with E-state index < -0.39 is 14.5 Å². The molecule has 0 atom stereocenters. The van der Waals surface area contributed by atoms with Gasteiger partial charge >= 0.3 is 189 Å². The molecule has 0 fully saturated rings. The summed E-state index contributed by atoms with van der Waals surface area (Å²) in [5.74, 6) is 6.79. The van der Waals surface area contributed by atoms with Gasteiger partial charge in [-0.3, -0.25) is 0 Å². The fourth-order valence-corrected chi connectivity index (χ4v) is 16.2. The molecule has 2 bridgehead atoms. The van der Waals surface area contributed by atoms with Crippen LogP contribution in [-0.2, 0) is 12.3 Å². The molecule has 0 aromatic heterocycles. The molecule has 3 heteroatoms. The van der Waals surface area contributed by atoms with Crippen molar-refractivity contribution in [3.8, 4) is 5.75 Å². The maximum atomic E-state index is 6.28. The fraction of sp³-hybridized carbons (Fsp3) is 0.704. The van der Waals surface area contributed by atoms with E-state index in [0.29, 0.717) is 0 Å². The predicted molar refractivity (Wildman–Crippen MR) is 145 cm³/mol. The van der Waals surface area contributed by atoms with Gasteiger partial charge in [0.2, 0.25) is 0 Å². The molecule has 0 N–H and O–H groups in total. The number of unbranched alkanes of at least 4 members (excludes halogenated alkanes) is 1. The molecule has 30 heavy (non-hydrogen) atoms. The second-order valence-corrected chi connectivity index (χ2v) is 21.5. The molecular formula is C27H50OP2. The molecule has 0 unspecified atom stereocenters. The fourth-order valence-electron chi connectivity index (χ4n) is 5.60. The van der Waals surface area contributed by atoms with Crippen molar-refractivity contribution in [2.45, 2.75) is 117 Å². The second kappa shape index (κ2) is 10.5. The van der Waals surface area contributed by atoms with Crippen LogP contribution in [0.4, 0.5) is 0 Å². The summed E-state index contributed by atoms with van der Waals surface area (Å²) in [6.45, 7) is 25.4. The van der Waals surface area contributed by atoms with E-state index in [9.17, 15) is 0 Å². The Bertz CT molecular complexity index is 661. The van der Waals surface area contributed by atoms with Gasteiger partial charge in [-0.1, -0.05) is 0 Å². The summed E-state index contributed by atoms with van der Waals surface area (Å²) in [5.41, 5.74) is 7.65. The van der Waals surface area contributed by atoms with Crippen LogP contribution in [0.2, 0.25) is 0 Å². The zero-order chi connectivity index (χ0) is 22.7. The van der Waals surface area contributed by atoms with Gasteiger partial charge in [-0.25, -0.2) is 0 Å². The average molecular weight is 453 g/mol. The van der Waals surface area contributed by atoms with Crippen LogP contribution in [0.5, 0.6) is 5.75 Å². The summed E-state index contributed by atoms with van der Waals surface area (Å²) in [6.07, 6.45) is 4.82. The first-order valence-electron chi connectivity index (χ1n) is 12.5. The topological polar surface area (TPSA) is 9.23 Å². The minimum atomic E-state index is -1.65. The molecule has 0 saturated carbocycles. The van der Waals surface area contributed by atoms with Crippen LogP contribution in [0.25, 0.3) is 0 Å². The molecule has 1 aliphatic rings. The number of fused-ring (bicyclic) bond motifs is 2. The second-order valence-electron chi connectivity index (χ2n) is 11.1. The number of ether oxygens (including phenoxy) is 1. The Hall–Kier alpha value is -0.380. The predicted octanol–water partition coefficient (Wildman–Crippen LogP) is 8.79. The van der Waals surface area contributed by atoms with Gasteiger partial charge in [-0.2, -0.15) is 0 Å². The van der Waals surface area contributed by atoms with Gasteiger partial charge in [0.15, 0.2) is 0 Å². The summed E-state index contributed by atoms with van der Waals surface area (Å²) in [6, 6.07) is 4.79. The van der Waals surface area contributed by atoms with Crippen LogP contribution in [0, 0.1) is 6.92 Å². The molecule has 1 aromatic rings. The third kappa shape index (κ3) is 5.15. The van der Waals surface area contributed by atoms with E-state index in [0.717, 1.165) is 41.4 Å². The SMILES string of the molecule is CCCCOc1cc2c(C)c(c1)C[PH](C(C)C)(C(C)C)/C=C/[PH](C(C)C)(C(C)C)C2. The summed E-state index contributed by atoms with van der Waals surface area (Å²) in [5, 5.41) is 0. The van der Waals surface area contributed by atoms with E-state index in [1.807, 2.05) is 0 Å². The van der Waals surface area contributed by atoms with Crippen LogP contribution >= 0.6 is 14.5 Å². The average Bonchev–Trinajstić information content (AvgIpc) is 2.68. The quantitative estimate of drug-likeness (QED) is 0.283. The van der Waals surface area contributed by atoms with Crippen molar-refractivity contribution in [2.24, 2.45) is 0 Å². The molecule has 1 heterocycles. The normalized spacial score (nSPS) is 21.3. The van der Waals surface area contributed by atoms with E-state index in [1.165, 1.54) is 18.7 Å². The number of benzene rings is 1. The van der Waals surface area contributed by atoms with Crippen LogP contribution in [-0.4, -0.2) is 29.2 Å². The minimum absolute atomic E-state index is 0.741. The molecular weight excluding hydrogens is 402 g/mol. The maximum absolute atomic E-state index is 6.28. The van der Waals surface area contributed by atoms with Gasteiger partial charge in [0.1, 0.15) is 0 Å². The van der Waals surface area contributed by atoms with Crippen LogP contribution in [0.3, 0.4) is 0 Å². The van der Waals surface area contributed by atoms with Gasteiger partial charge in [-0.05, 0) is 0 Å². The van der Waals surface area contributed by atoms with Crippen molar-refractivity contribution in [3.05, 3.63) is 40.5 Å². The Morgan fingerprint density at radius 2 is 1.17 bits per heavy atom. The Labute approximate surface area is 189 Å². The van der Waals surface area contributed by atoms with Crippen molar-refractivity contribution < 1.29 is 4.74 Å². The van der Waals surface area contributed by atoms with Gasteiger partial charge in [0.25, 0.3) is 0 Å². The molecule has 0 radical (unpaired) electrons. The molecule has 2 rings (SSSR count). The summed E-state index contributed by atoms with van der Waals surface area (Å²) in [4.78, 5) is 0. The third-order valence-electron chi connectivity index (χ3n) is 8.36. The van der Waals surface area contributed by atoms with E-state index in [2.05, 4.69) is 93.0 Å². The molecule has 1 nitrogen and oxygen atoms in total. The molecule has 174 valence electrons. The zero-order valence-corrected chi connectivity index (χ0v) is 23.6. The molecule has 0 spiro atoms. The van der Waals surface area contributed by atoms with Gasteiger partial charge < -0.3 is 0 Å². The van der Waals surface area contributed by atoms with Crippen molar-refractivity contribution >= 4 is 14.5 Å². The molecule has 0 amide bonds. The zero-order valence-electron chi connectivity index (χ0n) is 21.6. The van der Waals surface area contributed by atoms with E-state index in [-0.39, 0.29) is 0 Å². The molecule has 0 saturated heterocycles. The van der Waals surface area contributed by atoms with Gasteiger partial charge in [0, 0.05) is 0 Å². The van der Waals surface area contributed by atoms with E-state index >= 15 is 0 Å². The standard InChI is InChI=1S/C27H50OP2/c1-11-12-13-28-27-16-25-18-29(20(2)3,21(4)5)14-15-30(22(6)7,23(8)9)19-26(17-27)24(25)10/h14-17,20-23,29-30H,11-13,18-19H2,1-10H3/b15-14+. The first kappa shape index (κ1) is 25.9. The van der Waals surface area contributed by atoms with Crippen LogP contribution in [0.15, 0.2) is 23.8 Å².